The van der Waals surface area contributed by atoms with E-state index in [9.17, 15) is 9.59 Å². The van der Waals surface area contributed by atoms with Crippen LogP contribution in [0.3, 0.4) is 0 Å². The molecule has 7 heteroatoms. The van der Waals surface area contributed by atoms with Crippen molar-refractivity contribution >= 4 is 17.5 Å². The quantitative estimate of drug-likeness (QED) is 0.775. The third-order valence-corrected chi connectivity index (χ3v) is 7.84. The number of rotatable bonds is 3. The summed E-state index contributed by atoms with van der Waals surface area (Å²) in [6.45, 7) is 4.32. The highest BCUT2D eigenvalue weighted by atomic mass is 16.4. The summed E-state index contributed by atoms with van der Waals surface area (Å²) in [6.07, 6.45) is 5.64. The van der Waals surface area contributed by atoms with Crippen molar-refractivity contribution in [1.82, 2.24) is 15.1 Å². The van der Waals surface area contributed by atoms with Gasteiger partial charge in [-0.15, -0.1) is 0 Å². The predicted molar refractivity (Wildman–Crippen MR) is 120 cm³/mol. The van der Waals surface area contributed by atoms with Gasteiger partial charge in [0.15, 0.2) is 5.76 Å². The zero-order valence-electron chi connectivity index (χ0n) is 18.3. The summed E-state index contributed by atoms with van der Waals surface area (Å²) in [7, 11) is 0. The number of carbonyl (C=O) groups is 2. The SMILES string of the molecule is O=C1N[C@]2(CC[C@@H]3CN(C(=O)c4ccc(CN5CCCCC5)o4)C[C@@H]32)Nc2ccccc21. The molecule has 3 aliphatic heterocycles. The molecular formula is C25H30N4O3. The van der Waals surface area contributed by atoms with Crippen molar-refractivity contribution in [2.24, 2.45) is 11.8 Å². The molecule has 7 nitrogen and oxygen atoms in total. The normalized spacial score (nSPS) is 29.5. The Kier molecular flexibility index (Phi) is 4.75. The van der Waals surface area contributed by atoms with Gasteiger partial charge in [-0.1, -0.05) is 18.6 Å². The number of piperidine rings is 1. The number of nitrogens with zero attached hydrogens (tertiary/aromatic N) is 2. The van der Waals surface area contributed by atoms with E-state index < -0.39 is 5.66 Å². The number of anilines is 1. The molecule has 0 unspecified atom stereocenters. The van der Waals surface area contributed by atoms with Crippen molar-refractivity contribution in [3.05, 3.63) is 53.5 Å². The van der Waals surface area contributed by atoms with E-state index in [0.29, 0.717) is 30.3 Å². The highest BCUT2D eigenvalue weighted by molar-refractivity contribution is 6.02. The fourth-order valence-electron chi connectivity index (χ4n) is 6.20. The maximum atomic E-state index is 13.2. The lowest BCUT2D eigenvalue weighted by molar-refractivity contribution is 0.0733. The van der Waals surface area contributed by atoms with Crippen LogP contribution in [0.5, 0.6) is 0 Å². The van der Waals surface area contributed by atoms with Crippen LogP contribution in [0.25, 0.3) is 0 Å². The van der Waals surface area contributed by atoms with Gasteiger partial charge in [0.05, 0.1) is 12.1 Å². The van der Waals surface area contributed by atoms with Gasteiger partial charge in [0, 0.05) is 24.7 Å². The lowest BCUT2D eigenvalue weighted by Crippen LogP contribution is -2.61. The monoisotopic (exact) mass is 434 g/mol. The first-order valence-electron chi connectivity index (χ1n) is 11.9. The second-order valence-electron chi connectivity index (χ2n) is 9.81. The minimum Gasteiger partial charge on any atom is -0.455 e. The van der Waals surface area contributed by atoms with Crippen LogP contribution in [0.2, 0.25) is 0 Å². The minimum absolute atomic E-state index is 0.0295. The number of benzene rings is 1. The van der Waals surface area contributed by atoms with E-state index in [1.807, 2.05) is 41.3 Å². The maximum absolute atomic E-state index is 13.2. The van der Waals surface area contributed by atoms with Gasteiger partial charge in [-0.25, -0.2) is 0 Å². The highest BCUT2D eigenvalue weighted by Gasteiger charge is 2.55. The van der Waals surface area contributed by atoms with Crippen LogP contribution in [0.4, 0.5) is 5.69 Å². The molecule has 3 fully saturated rings. The van der Waals surface area contributed by atoms with Crippen molar-refractivity contribution in [3.8, 4) is 0 Å². The van der Waals surface area contributed by atoms with Crippen molar-refractivity contribution in [1.29, 1.82) is 0 Å². The number of hydrogen-bond donors (Lipinski definition) is 2. The van der Waals surface area contributed by atoms with Crippen LogP contribution >= 0.6 is 0 Å². The van der Waals surface area contributed by atoms with Crippen LogP contribution in [-0.2, 0) is 6.54 Å². The zero-order valence-corrected chi connectivity index (χ0v) is 18.3. The first kappa shape index (κ1) is 19.9. The highest BCUT2D eigenvalue weighted by Crippen LogP contribution is 2.47. The molecule has 1 saturated carbocycles. The van der Waals surface area contributed by atoms with E-state index >= 15 is 0 Å². The summed E-state index contributed by atoms with van der Waals surface area (Å²) in [5, 5.41) is 6.88. The van der Waals surface area contributed by atoms with E-state index in [1.165, 1.54) is 19.3 Å². The summed E-state index contributed by atoms with van der Waals surface area (Å²) in [5.41, 5.74) is 1.09. The summed E-state index contributed by atoms with van der Waals surface area (Å²) in [4.78, 5) is 30.3. The molecule has 6 rings (SSSR count). The third-order valence-electron chi connectivity index (χ3n) is 7.84. The van der Waals surface area contributed by atoms with Gasteiger partial charge in [0.2, 0.25) is 0 Å². The Morgan fingerprint density at radius 1 is 1.06 bits per heavy atom. The minimum atomic E-state index is -0.478. The number of carbonyl (C=O) groups excluding carboxylic acids is 2. The molecule has 1 aromatic carbocycles. The fourth-order valence-corrected chi connectivity index (χ4v) is 6.20. The molecule has 0 radical (unpaired) electrons. The molecular weight excluding hydrogens is 404 g/mol. The van der Waals surface area contributed by atoms with Crippen LogP contribution in [0.1, 0.15) is 58.8 Å². The van der Waals surface area contributed by atoms with E-state index in [1.54, 1.807) is 0 Å². The van der Waals surface area contributed by atoms with Gasteiger partial charge in [-0.05, 0) is 69.0 Å². The molecule has 1 aromatic heterocycles. The zero-order chi connectivity index (χ0) is 21.7. The van der Waals surface area contributed by atoms with Gasteiger partial charge < -0.3 is 20.0 Å². The Hall–Kier alpha value is -2.80. The van der Waals surface area contributed by atoms with E-state index in [2.05, 4.69) is 15.5 Å². The standard InChI is InChI=1S/C25H30N4O3/c30-23-19-6-2-3-7-21(19)26-25(27-23)11-10-17-14-29(16-20(17)25)24(31)22-9-8-18(32-22)15-28-12-4-1-5-13-28/h2-3,6-9,17,20,26H,1,4-5,10-16H2,(H,27,30)/t17-,20+,25+/m1/s1. The Morgan fingerprint density at radius 3 is 2.78 bits per heavy atom. The van der Waals surface area contributed by atoms with Crippen LogP contribution < -0.4 is 10.6 Å². The third kappa shape index (κ3) is 3.30. The first-order chi connectivity index (χ1) is 15.6. The van der Waals surface area contributed by atoms with Gasteiger partial charge in [-0.2, -0.15) is 0 Å². The summed E-state index contributed by atoms with van der Waals surface area (Å²) >= 11 is 0. The number of likely N-dealkylation sites (tertiary alicyclic amines) is 2. The van der Waals surface area contributed by atoms with Gasteiger partial charge in [0.25, 0.3) is 11.8 Å². The lowest BCUT2D eigenvalue weighted by Gasteiger charge is -2.41. The molecule has 168 valence electrons. The molecule has 4 aliphatic rings. The van der Waals surface area contributed by atoms with Crippen molar-refractivity contribution in [3.63, 3.8) is 0 Å². The molecule has 2 aromatic rings. The number of para-hydroxylation sites is 1. The molecule has 1 spiro atoms. The second-order valence-corrected chi connectivity index (χ2v) is 9.81. The number of fused-ring (bicyclic) bond motifs is 3. The van der Waals surface area contributed by atoms with Gasteiger partial charge >= 0.3 is 0 Å². The first-order valence-corrected chi connectivity index (χ1v) is 11.9. The van der Waals surface area contributed by atoms with Gasteiger partial charge in [0.1, 0.15) is 11.4 Å². The molecule has 2 saturated heterocycles. The van der Waals surface area contributed by atoms with Crippen LogP contribution in [-0.4, -0.2) is 53.5 Å². The topological polar surface area (TPSA) is 77.8 Å². The summed E-state index contributed by atoms with van der Waals surface area (Å²) in [6, 6.07) is 11.4. The molecule has 1 aliphatic carbocycles. The van der Waals surface area contributed by atoms with E-state index in [-0.39, 0.29) is 17.7 Å². The number of hydrogen-bond acceptors (Lipinski definition) is 5. The fraction of sp³-hybridized carbons (Fsp3) is 0.520. The lowest BCUT2D eigenvalue weighted by atomic mass is 9.89. The van der Waals surface area contributed by atoms with E-state index in [4.69, 9.17) is 4.42 Å². The second kappa shape index (κ2) is 7.66. The Balaban J connectivity index is 1.16. The number of furan rings is 1. The average molecular weight is 435 g/mol. The number of amides is 2. The predicted octanol–water partition coefficient (Wildman–Crippen LogP) is 3.30. The van der Waals surface area contributed by atoms with Crippen LogP contribution in [0.15, 0.2) is 40.8 Å². The molecule has 2 N–H and O–H groups in total. The average Bonchev–Trinajstić information content (AvgIpc) is 3.52. The molecule has 3 atom stereocenters. The largest absolute Gasteiger partial charge is 0.455 e. The van der Waals surface area contributed by atoms with E-state index in [0.717, 1.165) is 43.9 Å². The maximum Gasteiger partial charge on any atom is 0.289 e. The Labute approximate surface area is 188 Å². The Bertz CT molecular complexity index is 1040. The molecule has 0 bridgehead atoms. The number of nitrogens with one attached hydrogen (secondary N) is 2. The molecule has 4 heterocycles. The van der Waals surface area contributed by atoms with Gasteiger partial charge in [-0.3, -0.25) is 14.5 Å². The van der Waals surface area contributed by atoms with Crippen LogP contribution in [0, 0.1) is 11.8 Å². The summed E-state index contributed by atoms with van der Waals surface area (Å²) in [5.74, 6) is 1.78. The Morgan fingerprint density at radius 2 is 1.91 bits per heavy atom. The van der Waals surface area contributed by atoms with Crippen molar-refractivity contribution in [2.75, 3.05) is 31.5 Å². The van der Waals surface area contributed by atoms with Crippen molar-refractivity contribution < 1.29 is 14.0 Å². The summed E-state index contributed by atoms with van der Waals surface area (Å²) < 4.78 is 5.97. The smallest absolute Gasteiger partial charge is 0.289 e. The molecule has 2 amide bonds. The van der Waals surface area contributed by atoms with Crippen molar-refractivity contribution in [2.45, 2.75) is 44.3 Å². The molecule has 32 heavy (non-hydrogen) atoms.